The fraction of sp³-hybridized carbons (Fsp3) is 0.250. The average Bonchev–Trinajstić information content (AvgIpc) is 2.26. The van der Waals surface area contributed by atoms with Crippen molar-refractivity contribution in [1.82, 2.24) is 0 Å². The first-order valence-corrected chi connectivity index (χ1v) is 7.16. The molecule has 0 saturated carbocycles. The van der Waals surface area contributed by atoms with Gasteiger partial charge in [0.1, 0.15) is 0 Å². The van der Waals surface area contributed by atoms with E-state index in [0.717, 1.165) is 11.6 Å². The van der Waals surface area contributed by atoms with Crippen LogP contribution in [0.25, 0.3) is 0 Å². The maximum Gasteiger partial charge on any atom is 0.337 e. The number of benzene rings is 1. The quantitative estimate of drug-likeness (QED) is 0.865. The highest BCUT2D eigenvalue weighted by molar-refractivity contribution is 7.91. The summed E-state index contributed by atoms with van der Waals surface area (Å²) in [7, 11) is -3.53. The van der Waals surface area contributed by atoms with Crippen LogP contribution in [0.1, 0.15) is 24.2 Å². The van der Waals surface area contributed by atoms with Crippen LogP contribution in [0.2, 0.25) is 5.02 Å². The Bertz CT molecular complexity index is 599. The van der Waals surface area contributed by atoms with Gasteiger partial charge in [-0.15, -0.1) is 0 Å². The first-order valence-electron chi connectivity index (χ1n) is 5.13. The number of hydrogen-bond donors (Lipinski definition) is 1. The second kappa shape index (κ2) is 5.54. The maximum absolute atomic E-state index is 11.9. The highest BCUT2D eigenvalue weighted by Crippen LogP contribution is 2.21. The van der Waals surface area contributed by atoms with Crippen LogP contribution in [0, 0.1) is 0 Å². The van der Waals surface area contributed by atoms with Crippen LogP contribution in [0.4, 0.5) is 0 Å². The zero-order valence-corrected chi connectivity index (χ0v) is 11.5. The highest BCUT2D eigenvalue weighted by Gasteiger charge is 2.17. The summed E-state index contributed by atoms with van der Waals surface area (Å²) in [6.07, 6.45) is 1.57. The molecule has 1 rings (SSSR count). The summed E-state index contributed by atoms with van der Waals surface area (Å²) >= 11 is 5.68. The Morgan fingerprint density at radius 2 is 2.00 bits per heavy atom. The van der Waals surface area contributed by atoms with E-state index in [1.165, 1.54) is 12.1 Å². The molecule has 4 nitrogen and oxygen atoms in total. The number of carboxylic acid groups (broad SMARTS) is 1. The highest BCUT2D eigenvalue weighted by atomic mass is 35.5. The van der Waals surface area contributed by atoms with Crippen molar-refractivity contribution in [1.29, 1.82) is 0 Å². The van der Waals surface area contributed by atoms with Crippen LogP contribution in [0.5, 0.6) is 0 Å². The number of hydrogen-bond acceptors (Lipinski definition) is 3. The van der Waals surface area contributed by atoms with Crippen molar-refractivity contribution in [2.75, 3.05) is 5.75 Å². The molecule has 1 N–H and O–H groups in total. The van der Waals surface area contributed by atoms with Crippen molar-refractivity contribution in [3.8, 4) is 0 Å². The average molecular weight is 289 g/mol. The lowest BCUT2D eigenvalue weighted by Crippen LogP contribution is -2.07. The van der Waals surface area contributed by atoms with Crippen molar-refractivity contribution >= 4 is 27.4 Å². The van der Waals surface area contributed by atoms with E-state index in [2.05, 4.69) is 0 Å². The summed E-state index contributed by atoms with van der Waals surface area (Å²) in [6, 6.07) is 3.67. The van der Waals surface area contributed by atoms with Gasteiger partial charge in [-0.1, -0.05) is 23.3 Å². The van der Waals surface area contributed by atoms with Gasteiger partial charge >= 0.3 is 5.97 Å². The fourth-order valence-electron chi connectivity index (χ4n) is 1.23. The fourth-order valence-corrected chi connectivity index (χ4v) is 2.75. The molecule has 6 heteroatoms. The third-order valence-electron chi connectivity index (χ3n) is 2.24. The van der Waals surface area contributed by atoms with Crippen LogP contribution in [0.15, 0.2) is 34.7 Å². The first kappa shape index (κ1) is 14.7. The Balaban J connectivity index is 3.22. The van der Waals surface area contributed by atoms with Crippen LogP contribution in [-0.2, 0) is 9.84 Å². The molecular formula is C12H13ClO4S. The van der Waals surface area contributed by atoms with Gasteiger partial charge in [0.05, 0.1) is 21.2 Å². The summed E-state index contributed by atoms with van der Waals surface area (Å²) < 4.78 is 23.9. The SMILES string of the molecule is CC(C)=CCS(=O)(=O)c1ccc(Cl)c(C(=O)O)c1. The second-order valence-corrected chi connectivity index (χ2v) is 6.45. The second-order valence-electron chi connectivity index (χ2n) is 4.01. The predicted molar refractivity (Wildman–Crippen MR) is 69.9 cm³/mol. The van der Waals surface area contributed by atoms with Crippen LogP contribution < -0.4 is 0 Å². The molecule has 0 atom stereocenters. The molecule has 0 bridgehead atoms. The van der Waals surface area contributed by atoms with Gasteiger partial charge in [0.25, 0.3) is 0 Å². The maximum atomic E-state index is 11.9. The number of rotatable bonds is 4. The van der Waals surface area contributed by atoms with Crippen LogP contribution >= 0.6 is 11.6 Å². The van der Waals surface area contributed by atoms with Gasteiger partial charge in [-0.3, -0.25) is 0 Å². The Morgan fingerprint density at radius 3 is 2.50 bits per heavy atom. The molecule has 0 aliphatic rings. The summed E-state index contributed by atoms with van der Waals surface area (Å²) in [5.74, 6) is -1.41. The van der Waals surface area contributed by atoms with E-state index in [-0.39, 0.29) is 21.2 Å². The molecule has 0 spiro atoms. The molecule has 0 fully saturated rings. The predicted octanol–water partition coefficient (Wildman–Crippen LogP) is 2.78. The number of halogens is 1. The topological polar surface area (TPSA) is 71.4 Å². The van der Waals surface area contributed by atoms with Gasteiger partial charge in [0.15, 0.2) is 9.84 Å². The van der Waals surface area contributed by atoms with Gasteiger partial charge in [0, 0.05) is 0 Å². The van der Waals surface area contributed by atoms with E-state index >= 15 is 0 Å². The molecule has 18 heavy (non-hydrogen) atoms. The number of sulfone groups is 1. The van der Waals surface area contributed by atoms with E-state index < -0.39 is 15.8 Å². The number of carbonyl (C=O) groups is 1. The summed E-state index contributed by atoms with van der Waals surface area (Å²) in [5.41, 5.74) is 0.668. The lowest BCUT2D eigenvalue weighted by molar-refractivity contribution is 0.0697. The normalized spacial score (nSPS) is 11.1. The molecule has 98 valence electrons. The third-order valence-corrected chi connectivity index (χ3v) is 4.15. The minimum atomic E-state index is -3.53. The van der Waals surface area contributed by atoms with E-state index in [9.17, 15) is 13.2 Å². The summed E-state index contributed by atoms with van der Waals surface area (Å²) in [6.45, 7) is 3.58. The molecule has 0 aromatic heterocycles. The van der Waals surface area contributed by atoms with Gasteiger partial charge in [-0.25, -0.2) is 13.2 Å². The summed E-state index contributed by atoms with van der Waals surface area (Å²) in [4.78, 5) is 10.8. The van der Waals surface area contributed by atoms with Gasteiger partial charge in [-0.2, -0.15) is 0 Å². The molecule has 1 aromatic rings. The Morgan fingerprint density at radius 1 is 1.39 bits per heavy atom. The van der Waals surface area contributed by atoms with E-state index in [1.807, 2.05) is 0 Å². The molecule has 0 aliphatic carbocycles. The van der Waals surface area contributed by atoms with Crippen LogP contribution in [-0.4, -0.2) is 25.2 Å². The van der Waals surface area contributed by atoms with Crippen molar-refractivity contribution in [3.63, 3.8) is 0 Å². The van der Waals surface area contributed by atoms with E-state index in [1.54, 1.807) is 19.9 Å². The lowest BCUT2D eigenvalue weighted by Gasteiger charge is -2.05. The third kappa shape index (κ3) is 3.58. The van der Waals surface area contributed by atoms with Crippen molar-refractivity contribution in [2.45, 2.75) is 18.7 Å². The smallest absolute Gasteiger partial charge is 0.337 e. The van der Waals surface area contributed by atoms with Gasteiger partial charge < -0.3 is 5.11 Å². The minimum Gasteiger partial charge on any atom is -0.478 e. The molecule has 0 aliphatic heterocycles. The lowest BCUT2D eigenvalue weighted by atomic mass is 10.2. The van der Waals surface area contributed by atoms with Gasteiger partial charge in [-0.05, 0) is 32.0 Å². The first-order chi connectivity index (χ1) is 8.24. The number of carboxylic acids is 1. The minimum absolute atomic E-state index is 0.0173. The molecule has 0 amide bonds. The number of aromatic carboxylic acids is 1. The molecular weight excluding hydrogens is 276 g/mol. The Kier molecular flexibility index (Phi) is 4.53. The molecule has 1 aromatic carbocycles. The van der Waals surface area contributed by atoms with Crippen LogP contribution in [0.3, 0.4) is 0 Å². The summed E-state index contributed by atoms with van der Waals surface area (Å²) in [5, 5.41) is 8.90. The molecule has 0 radical (unpaired) electrons. The largest absolute Gasteiger partial charge is 0.478 e. The monoisotopic (exact) mass is 288 g/mol. The molecule has 0 heterocycles. The number of allylic oxidation sites excluding steroid dienone is 1. The van der Waals surface area contributed by atoms with E-state index in [0.29, 0.717) is 0 Å². The Labute approximate surface area is 111 Å². The molecule has 0 unspecified atom stereocenters. The van der Waals surface area contributed by atoms with Crippen molar-refractivity contribution in [2.24, 2.45) is 0 Å². The van der Waals surface area contributed by atoms with E-state index in [4.69, 9.17) is 16.7 Å². The zero-order chi connectivity index (χ0) is 13.9. The Hall–Kier alpha value is -1.33. The zero-order valence-electron chi connectivity index (χ0n) is 9.97. The standard InChI is InChI=1S/C12H13ClO4S/c1-8(2)5-6-18(16,17)9-3-4-11(13)10(7-9)12(14)15/h3-5,7H,6H2,1-2H3,(H,14,15). The van der Waals surface area contributed by atoms with Crippen molar-refractivity contribution < 1.29 is 18.3 Å². The van der Waals surface area contributed by atoms with Crippen molar-refractivity contribution in [3.05, 3.63) is 40.4 Å². The molecule has 0 saturated heterocycles. The van der Waals surface area contributed by atoms with Gasteiger partial charge in [0.2, 0.25) is 0 Å².